The quantitative estimate of drug-likeness (QED) is 0.522. The molecule has 0 N–H and O–H groups in total. The topological polar surface area (TPSA) is 46.3 Å². The standard InChI is InChI=1S/C23H21F3N2O2/c24-15-9-10-17(19(26)13-15)21-14-27-22(30-21)11-12-23(29)28(16-5-1-2-6-16)20-8-4-3-7-18(20)25/h3-4,7-10,13-14,16H,1-2,5-6,11-12H2. The Morgan fingerprint density at radius 3 is 2.57 bits per heavy atom. The van der Waals surface area contributed by atoms with Crippen molar-refractivity contribution < 1.29 is 22.4 Å². The number of nitrogens with zero attached hydrogens (tertiary/aromatic N) is 2. The van der Waals surface area contributed by atoms with Crippen molar-refractivity contribution in [3.63, 3.8) is 0 Å². The minimum Gasteiger partial charge on any atom is -0.441 e. The molecule has 156 valence electrons. The minimum atomic E-state index is -0.749. The fraction of sp³-hybridized carbons (Fsp3) is 0.304. The van der Waals surface area contributed by atoms with Crippen LogP contribution in [0.15, 0.2) is 53.1 Å². The van der Waals surface area contributed by atoms with E-state index in [1.165, 1.54) is 18.3 Å². The van der Waals surface area contributed by atoms with Gasteiger partial charge < -0.3 is 9.32 Å². The molecule has 0 aliphatic heterocycles. The van der Waals surface area contributed by atoms with Crippen molar-refractivity contribution in [2.75, 3.05) is 4.90 Å². The molecule has 7 heteroatoms. The van der Waals surface area contributed by atoms with Gasteiger partial charge in [0, 0.05) is 24.9 Å². The first-order valence-corrected chi connectivity index (χ1v) is 9.99. The third kappa shape index (κ3) is 4.25. The molecule has 1 aliphatic rings. The van der Waals surface area contributed by atoms with E-state index in [9.17, 15) is 18.0 Å². The largest absolute Gasteiger partial charge is 0.441 e. The van der Waals surface area contributed by atoms with Gasteiger partial charge in [-0.15, -0.1) is 0 Å². The molecule has 0 unspecified atom stereocenters. The van der Waals surface area contributed by atoms with Gasteiger partial charge in [0.2, 0.25) is 5.91 Å². The smallest absolute Gasteiger partial charge is 0.227 e. The van der Waals surface area contributed by atoms with Crippen molar-refractivity contribution in [3.05, 3.63) is 72.0 Å². The molecule has 1 fully saturated rings. The van der Waals surface area contributed by atoms with E-state index < -0.39 is 17.5 Å². The van der Waals surface area contributed by atoms with E-state index >= 15 is 0 Å². The molecule has 0 bridgehead atoms. The molecule has 1 heterocycles. The van der Waals surface area contributed by atoms with Crippen LogP contribution in [0, 0.1) is 17.5 Å². The summed E-state index contributed by atoms with van der Waals surface area (Å²) in [6.07, 6.45) is 5.32. The van der Waals surface area contributed by atoms with Crippen molar-refractivity contribution in [3.8, 4) is 11.3 Å². The molecule has 0 atom stereocenters. The number of hydrogen-bond acceptors (Lipinski definition) is 3. The van der Waals surface area contributed by atoms with Crippen LogP contribution >= 0.6 is 0 Å². The number of carbonyl (C=O) groups excluding carboxylic acids is 1. The molecule has 1 aromatic heterocycles. The Bertz CT molecular complexity index is 1040. The Morgan fingerprint density at radius 1 is 1.07 bits per heavy atom. The van der Waals surface area contributed by atoms with Gasteiger partial charge in [0.05, 0.1) is 17.4 Å². The molecule has 0 radical (unpaired) electrons. The van der Waals surface area contributed by atoms with Crippen LogP contribution in [0.3, 0.4) is 0 Å². The van der Waals surface area contributed by atoms with Crippen molar-refractivity contribution >= 4 is 11.6 Å². The number of aryl methyl sites for hydroxylation is 1. The van der Waals surface area contributed by atoms with Gasteiger partial charge in [-0.1, -0.05) is 25.0 Å². The van der Waals surface area contributed by atoms with Crippen LogP contribution in [0.5, 0.6) is 0 Å². The van der Waals surface area contributed by atoms with Gasteiger partial charge in [-0.3, -0.25) is 4.79 Å². The zero-order valence-electron chi connectivity index (χ0n) is 16.3. The van der Waals surface area contributed by atoms with Gasteiger partial charge in [-0.05, 0) is 37.1 Å². The van der Waals surface area contributed by atoms with Crippen LogP contribution in [0.25, 0.3) is 11.3 Å². The number of anilines is 1. The van der Waals surface area contributed by atoms with Crippen LogP contribution in [0.1, 0.15) is 38.0 Å². The molecule has 0 saturated heterocycles. The molecule has 0 spiro atoms. The zero-order chi connectivity index (χ0) is 21.1. The first-order chi connectivity index (χ1) is 14.5. The van der Waals surface area contributed by atoms with Crippen molar-refractivity contribution in [2.45, 2.75) is 44.6 Å². The summed E-state index contributed by atoms with van der Waals surface area (Å²) >= 11 is 0. The Balaban J connectivity index is 1.49. The first-order valence-electron chi connectivity index (χ1n) is 9.99. The van der Waals surface area contributed by atoms with E-state index in [0.29, 0.717) is 0 Å². The van der Waals surface area contributed by atoms with Crippen LogP contribution in [-0.4, -0.2) is 16.9 Å². The Hall–Kier alpha value is -3.09. The van der Waals surface area contributed by atoms with E-state index in [2.05, 4.69) is 4.98 Å². The summed E-state index contributed by atoms with van der Waals surface area (Å²) < 4.78 is 47.0. The predicted octanol–water partition coefficient (Wildman–Crippen LogP) is 5.67. The average molecular weight is 414 g/mol. The molecule has 1 aliphatic carbocycles. The second-order valence-electron chi connectivity index (χ2n) is 7.40. The van der Waals surface area contributed by atoms with Crippen molar-refractivity contribution in [1.29, 1.82) is 0 Å². The average Bonchev–Trinajstić information content (AvgIpc) is 3.40. The van der Waals surface area contributed by atoms with Gasteiger partial charge in [-0.25, -0.2) is 18.2 Å². The number of carbonyl (C=O) groups is 1. The highest BCUT2D eigenvalue weighted by Gasteiger charge is 2.29. The highest BCUT2D eigenvalue weighted by molar-refractivity contribution is 5.94. The third-order valence-corrected chi connectivity index (χ3v) is 5.37. The summed E-state index contributed by atoms with van der Waals surface area (Å²) in [7, 11) is 0. The zero-order valence-corrected chi connectivity index (χ0v) is 16.3. The van der Waals surface area contributed by atoms with Crippen molar-refractivity contribution in [2.24, 2.45) is 0 Å². The monoisotopic (exact) mass is 414 g/mol. The number of hydrogen-bond donors (Lipinski definition) is 0. The Morgan fingerprint density at radius 2 is 1.83 bits per heavy atom. The normalized spacial score (nSPS) is 14.2. The number of rotatable bonds is 6. The molecule has 30 heavy (non-hydrogen) atoms. The van der Waals surface area contributed by atoms with Gasteiger partial charge in [0.25, 0.3) is 0 Å². The minimum absolute atomic E-state index is 0.0252. The number of aromatic nitrogens is 1. The third-order valence-electron chi connectivity index (χ3n) is 5.37. The van der Waals surface area contributed by atoms with Crippen LogP contribution in [-0.2, 0) is 11.2 Å². The highest BCUT2D eigenvalue weighted by Crippen LogP contribution is 2.31. The maximum atomic E-state index is 14.4. The molecular formula is C23H21F3N2O2. The second kappa shape index (κ2) is 8.73. The van der Waals surface area contributed by atoms with Gasteiger partial charge in [0.15, 0.2) is 11.7 Å². The van der Waals surface area contributed by atoms with E-state index in [4.69, 9.17) is 4.42 Å². The van der Waals surface area contributed by atoms with E-state index in [-0.39, 0.29) is 47.7 Å². The van der Waals surface area contributed by atoms with E-state index in [0.717, 1.165) is 37.8 Å². The lowest BCUT2D eigenvalue weighted by Gasteiger charge is -2.29. The summed E-state index contributed by atoms with van der Waals surface area (Å²) in [5.41, 5.74) is 0.385. The molecule has 3 aromatic rings. The highest BCUT2D eigenvalue weighted by atomic mass is 19.1. The maximum absolute atomic E-state index is 14.4. The number of oxazole rings is 1. The summed E-state index contributed by atoms with van der Waals surface area (Å²) in [6.45, 7) is 0. The molecule has 2 aromatic carbocycles. The van der Waals surface area contributed by atoms with Gasteiger partial charge in [-0.2, -0.15) is 0 Å². The lowest BCUT2D eigenvalue weighted by atomic mass is 10.1. The van der Waals surface area contributed by atoms with Gasteiger partial charge >= 0.3 is 0 Å². The lowest BCUT2D eigenvalue weighted by Crippen LogP contribution is -2.39. The summed E-state index contributed by atoms with van der Waals surface area (Å²) in [6, 6.07) is 9.44. The predicted molar refractivity (Wildman–Crippen MR) is 106 cm³/mol. The molecule has 1 amide bonds. The Kier molecular flexibility index (Phi) is 5.88. The van der Waals surface area contributed by atoms with E-state index in [1.807, 2.05) is 0 Å². The number of halogens is 3. The molecule has 1 saturated carbocycles. The molecular weight excluding hydrogens is 393 g/mol. The molecule has 4 nitrogen and oxygen atoms in total. The summed E-state index contributed by atoms with van der Waals surface area (Å²) in [5, 5.41) is 0. The Labute approximate surface area is 172 Å². The van der Waals surface area contributed by atoms with Crippen LogP contribution < -0.4 is 4.90 Å². The van der Waals surface area contributed by atoms with E-state index in [1.54, 1.807) is 23.1 Å². The van der Waals surface area contributed by atoms with Crippen LogP contribution in [0.4, 0.5) is 18.9 Å². The fourth-order valence-corrected chi connectivity index (χ4v) is 3.92. The summed E-state index contributed by atoms with van der Waals surface area (Å²) in [5.74, 6) is -1.64. The molecule has 4 rings (SSSR count). The number of benzene rings is 2. The fourth-order valence-electron chi connectivity index (χ4n) is 3.92. The maximum Gasteiger partial charge on any atom is 0.227 e. The van der Waals surface area contributed by atoms with Crippen molar-refractivity contribution in [1.82, 2.24) is 4.98 Å². The van der Waals surface area contributed by atoms with Gasteiger partial charge in [0.1, 0.15) is 17.5 Å². The number of para-hydroxylation sites is 1. The first kappa shape index (κ1) is 20.2. The summed E-state index contributed by atoms with van der Waals surface area (Å²) in [4.78, 5) is 18.7. The second-order valence-corrected chi connectivity index (χ2v) is 7.40. The van der Waals surface area contributed by atoms with Crippen LogP contribution in [0.2, 0.25) is 0 Å². The number of amides is 1. The SMILES string of the molecule is O=C(CCc1ncc(-c2ccc(F)cc2F)o1)N(c1ccccc1F)C1CCCC1. The lowest BCUT2D eigenvalue weighted by molar-refractivity contribution is -0.119.